The maximum Gasteiger partial charge on any atom is 0.271 e. The summed E-state index contributed by atoms with van der Waals surface area (Å²) in [5.74, 6) is 0.914. The number of halogens is 1. The van der Waals surface area contributed by atoms with Gasteiger partial charge in [0.2, 0.25) is 0 Å². The van der Waals surface area contributed by atoms with Gasteiger partial charge in [0.25, 0.3) is 5.56 Å². The summed E-state index contributed by atoms with van der Waals surface area (Å²) in [6.45, 7) is 0. The Hall–Kier alpha value is -3.97. The fourth-order valence-corrected chi connectivity index (χ4v) is 6.06. The Labute approximate surface area is 211 Å². The number of aryl methyl sites for hydroxylation is 1. The number of methoxy groups -OCH3 is 2. The van der Waals surface area contributed by atoms with Crippen molar-refractivity contribution >= 4 is 23.1 Å². The molecule has 1 aliphatic heterocycles. The number of fused-ring (bicyclic) bond motifs is 3. The third-order valence-electron chi connectivity index (χ3n) is 6.76. The van der Waals surface area contributed by atoms with Crippen molar-refractivity contribution in [3.05, 3.63) is 120 Å². The van der Waals surface area contributed by atoms with Gasteiger partial charge < -0.3 is 9.47 Å². The normalized spacial score (nSPS) is 16.6. The molecule has 1 atom stereocenters. The van der Waals surface area contributed by atoms with Crippen molar-refractivity contribution in [2.75, 3.05) is 14.2 Å². The first-order valence-corrected chi connectivity index (χ1v) is 12.5. The van der Waals surface area contributed by atoms with Crippen LogP contribution in [0.15, 0.2) is 82.1 Å². The van der Waals surface area contributed by atoms with Crippen LogP contribution in [0.2, 0.25) is 0 Å². The van der Waals surface area contributed by atoms with Crippen LogP contribution < -0.4 is 24.4 Å². The predicted molar refractivity (Wildman–Crippen MR) is 139 cm³/mol. The minimum Gasteiger partial charge on any atom is -0.493 e. The average molecular weight is 499 g/mol. The zero-order valence-corrected chi connectivity index (χ0v) is 20.6. The fraction of sp³-hybridized carbons (Fsp3) is 0.172. The predicted octanol–water partition coefficient (Wildman–Crippen LogP) is 4.48. The van der Waals surface area contributed by atoms with E-state index in [1.165, 1.54) is 29.0 Å². The molecule has 1 unspecified atom stereocenters. The van der Waals surface area contributed by atoms with Crippen molar-refractivity contribution in [2.45, 2.75) is 18.9 Å². The SMILES string of the molecule is COc1ccc(/C=c2\sc3n(c2=O)C(c2ccc(F)cc2)C2=C(N=3)c3ccccc3CC2)cc1OC. The van der Waals surface area contributed by atoms with Crippen molar-refractivity contribution in [3.8, 4) is 11.5 Å². The van der Waals surface area contributed by atoms with Gasteiger partial charge >= 0.3 is 0 Å². The Kier molecular flexibility index (Phi) is 5.57. The van der Waals surface area contributed by atoms with E-state index in [9.17, 15) is 9.18 Å². The Bertz CT molecular complexity index is 1700. The Morgan fingerprint density at radius 2 is 1.78 bits per heavy atom. The van der Waals surface area contributed by atoms with E-state index in [0.717, 1.165) is 40.8 Å². The van der Waals surface area contributed by atoms with Gasteiger partial charge in [-0.3, -0.25) is 9.36 Å². The van der Waals surface area contributed by atoms with E-state index in [-0.39, 0.29) is 17.4 Å². The van der Waals surface area contributed by atoms with Gasteiger partial charge in [-0.25, -0.2) is 9.38 Å². The number of hydrogen-bond donors (Lipinski definition) is 0. The highest BCUT2D eigenvalue weighted by atomic mass is 32.1. The molecule has 2 heterocycles. The van der Waals surface area contributed by atoms with Gasteiger partial charge in [-0.05, 0) is 65.4 Å². The van der Waals surface area contributed by atoms with Gasteiger partial charge in [0, 0.05) is 5.56 Å². The number of nitrogens with zero attached hydrogens (tertiary/aromatic N) is 2. The summed E-state index contributed by atoms with van der Waals surface area (Å²) in [6.07, 6.45) is 3.51. The standard InChI is InChI=1S/C29H23FN2O3S/c1-34-23-14-7-17(15-24(23)35-2)16-25-28(33)32-27(19-8-11-20(30)12-9-19)22-13-10-18-5-3-4-6-21(18)26(22)31-29(32)36-25/h3-9,11-12,14-16,27H,10,13H2,1-2H3/b25-16-. The summed E-state index contributed by atoms with van der Waals surface area (Å²) in [6, 6.07) is 19.9. The molecule has 36 heavy (non-hydrogen) atoms. The summed E-state index contributed by atoms with van der Waals surface area (Å²) in [4.78, 5) is 19.4. The molecule has 5 nitrogen and oxygen atoms in total. The Balaban J connectivity index is 1.58. The molecule has 0 N–H and O–H groups in total. The maximum atomic E-state index is 13.8. The summed E-state index contributed by atoms with van der Waals surface area (Å²) in [7, 11) is 3.17. The van der Waals surface area contributed by atoms with Gasteiger partial charge in [0.05, 0.1) is 30.5 Å². The third kappa shape index (κ3) is 3.67. The highest BCUT2D eigenvalue weighted by molar-refractivity contribution is 7.07. The number of hydrogen-bond acceptors (Lipinski definition) is 5. The topological polar surface area (TPSA) is 52.8 Å². The van der Waals surface area contributed by atoms with E-state index in [0.29, 0.717) is 20.8 Å². The molecule has 180 valence electrons. The Morgan fingerprint density at radius 1 is 1.00 bits per heavy atom. The lowest BCUT2D eigenvalue weighted by Crippen LogP contribution is -2.38. The number of ether oxygens (including phenoxy) is 2. The largest absolute Gasteiger partial charge is 0.493 e. The van der Waals surface area contributed by atoms with E-state index in [4.69, 9.17) is 14.5 Å². The van der Waals surface area contributed by atoms with Crippen molar-refractivity contribution in [1.29, 1.82) is 0 Å². The van der Waals surface area contributed by atoms with Crippen LogP contribution in [0.5, 0.6) is 11.5 Å². The molecule has 3 aromatic carbocycles. The molecule has 7 heteroatoms. The van der Waals surface area contributed by atoms with Crippen molar-refractivity contribution in [3.63, 3.8) is 0 Å². The molecule has 0 spiro atoms. The number of aromatic nitrogens is 1. The Morgan fingerprint density at radius 3 is 2.56 bits per heavy atom. The van der Waals surface area contributed by atoms with Crippen molar-refractivity contribution in [2.24, 2.45) is 4.99 Å². The quantitative estimate of drug-likeness (QED) is 0.417. The molecule has 0 bridgehead atoms. The van der Waals surface area contributed by atoms with Crippen molar-refractivity contribution < 1.29 is 13.9 Å². The fourth-order valence-electron chi connectivity index (χ4n) is 5.06. The van der Waals surface area contributed by atoms with Crippen LogP contribution in [0.3, 0.4) is 0 Å². The summed E-state index contributed by atoms with van der Waals surface area (Å²) < 4.78 is 26.9. The molecule has 0 saturated heterocycles. The van der Waals surface area contributed by atoms with E-state index < -0.39 is 0 Å². The lowest BCUT2D eigenvalue weighted by molar-refractivity contribution is 0.355. The van der Waals surface area contributed by atoms with Crippen LogP contribution in [0.25, 0.3) is 11.8 Å². The molecule has 0 amide bonds. The molecule has 0 saturated carbocycles. The second-order valence-electron chi connectivity index (χ2n) is 8.78. The van der Waals surface area contributed by atoms with Gasteiger partial charge in [0.1, 0.15) is 5.82 Å². The molecule has 0 radical (unpaired) electrons. The molecule has 1 aromatic heterocycles. The second-order valence-corrected chi connectivity index (χ2v) is 9.79. The third-order valence-corrected chi connectivity index (χ3v) is 7.75. The first-order valence-electron chi connectivity index (χ1n) is 11.7. The molecule has 4 aromatic rings. The summed E-state index contributed by atoms with van der Waals surface area (Å²) >= 11 is 1.36. The number of allylic oxidation sites excluding steroid dienone is 1. The maximum absolute atomic E-state index is 13.8. The number of rotatable bonds is 4. The van der Waals surface area contributed by atoms with Gasteiger partial charge in [-0.15, -0.1) is 0 Å². The van der Waals surface area contributed by atoms with Crippen molar-refractivity contribution in [1.82, 2.24) is 4.57 Å². The van der Waals surface area contributed by atoms with Crippen LogP contribution in [0.4, 0.5) is 4.39 Å². The van der Waals surface area contributed by atoms with Gasteiger partial charge in [0.15, 0.2) is 16.3 Å². The van der Waals surface area contributed by atoms with Crippen LogP contribution in [0, 0.1) is 5.82 Å². The molecule has 6 rings (SSSR count). The molecule has 0 fully saturated rings. The second kappa shape index (κ2) is 8.91. The summed E-state index contributed by atoms with van der Waals surface area (Å²) in [5.41, 5.74) is 5.94. The number of thiazole rings is 1. The zero-order valence-electron chi connectivity index (χ0n) is 19.8. The van der Waals surface area contributed by atoms with E-state index in [1.807, 2.05) is 36.4 Å². The molecule has 2 aliphatic rings. The van der Waals surface area contributed by atoms with Gasteiger partial charge in [-0.2, -0.15) is 0 Å². The molecule has 1 aliphatic carbocycles. The average Bonchev–Trinajstić information content (AvgIpc) is 3.22. The van der Waals surface area contributed by atoms with E-state index >= 15 is 0 Å². The molecular weight excluding hydrogens is 475 g/mol. The lowest BCUT2D eigenvalue weighted by atomic mass is 9.83. The lowest BCUT2D eigenvalue weighted by Gasteiger charge is -2.30. The highest BCUT2D eigenvalue weighted by Gasteiger charge is 2.32. The van der Waals surface area contributed by atoms with Crippen LogP contribution >= 0.6 is 11.3 Å². The summed E-state index contributed by atoms with van der Waals surface area (Å²) in [5, 5.41) is 0. The first kappa shape index (κ1) is 22.5. The van der Waals surface area contributed by atoms with Gasteiger partial charge in [-0.1, -0.05) is 53.8 Å². The van der Waals surface area contributed by atoms with E-state index in [2.05, 4.69) is 12.1 Å². The first-order chi connectivity index (χ1) is 17.6. The molecular formula is C29H23FN2O3S. The monoisotopic (exact) mass is 498 g/mol. The van der Waals surface area contributed by atoms with Crippen LogP contribution in [0.1, 0.15) is 34.7 Å². The minimum absolute atomic E-state index is 0.117. The number of benzene rings is 3. The van der Waals surface area contributed by atoms with Crippen LogP contribution in [-0.2, 0) is 6.42 Å². The van der Waals surface area contributed by atoms with E-state index in [1.54, 1.807) is 30.9 Å². The van der Waals surface area contributed by atoms with Crippen LogP contribution in [-0.4, -0.2) is 18.8 Å². The highest BCUT2D eigenvalue weighted by Crippen LogP contribution is 2.41. The minimum atomic E-state index is -0.335. The smallest absolute Gasteiger partial charge is 0.271 e. The zero-order chi connectivity index (χ0) is 24.8.